The number of thioether (sulfide) groups is 1. The highest BCUT2D eigenvalue weighted by atomic mass is 79.9. The van der Waals surface area contributed by atoms with Crippen LogP contribution < -0.4 is 4.90 Å². The van der Waals surface area contributed by atoms with Crippen molar-refractivity contribution in [2.75, 3.05) is 24.6 Å². The predicted molar refractivity (Wildman–Crippen MR) is 175 cm³/mol. The van der Waals surface area contributed by atoms with Crippen LogP contribution in [0.4, 0.5) is 5.69 Å². The van der Waals surface area contributed by atoms with Crippen LogP contribution >= 0.6 is 27.7 Å². The summed E-state index contributed by atoms with van der Waals surface area (Å²) in [6.07, 6.45) is 6.54. The lowest BCUT2D eigenvalue weighted by atomic mass is 9.70. The van der Waals surface area contributed by atoms with Crippen LogP contribution in [0.25, 0.3) is 0 Å². The molecule has 0 aromatic heterocycles. The highest BCUT2D eigenvalue weighted by molar-refractivity contribution is 9.09. The maximum absolute atomic E-state index is 14.8. The van der Waals surface area contributed by atoms with Gasteiger partial charge in [0.2, 0.25) is 17.7 Å². The van der Waals surface area contributed by atoms with Gasteiger partial charge in [-0.15, -0.1) is 24.9 Å². The van der Waals surface area contributed by atoms with E-state index in [0.29, 0.717) is 19.5 Å². The first-order valence-corrected chi connectivity index (χ1v) is 17.1. The van der Waals surface area contributed by atoms with Crippen LogP contribution in [0.15, 0.2) is 55.6 Å². The number of halogens is 1. The average molecular weight is 661 g/mol. The molecule has 1 aromatic rings. The van der Waals surface area contributed by atoms with Crippen molar-refractivity contribution in [3.05, 3.63) is 55.6 Å². The summed E-state index contributed by atoms with van der Waals surface area (Å²) < 4.78 is -0.782. The van der Waals surface area contributed by atoms with Gasteiger partial charge >= 0.3 is 0 Å². The summed E-state index contributed by atoms with van der Waals surface area (Å²) in [6.45, 7) is 16.5. The van der Waals surface area contributed by atoms with Crippen LogP contribution in [0.1, 0.15) is 53.4 Å². The van der Waals surface area contributed by atoms with Crippen LogP contribution in [0, 0.1) is 17.8 Å². The first kappa shape index (κ1) is 32.8. The van der Waals surface area contributed by atoms with Crippen molar-refractivity contribution in [1.82, 2.24) is 9.80 Å². The van der Waals surface area contributed by atoms with Gasteiger partial charge in [-0.05, 0) is 37.8 Å². The van der Waals surface area contributed by atoms with Gasteiger partial charge in [0.05, 0.1) is 29.2 Å². The number of likely N-dealkylation sites (tertiary alicyclic amines) is 1. The van der Waals surface area contributed by atoms with Gasteiger partial charge in [-0.1, -0.05) is 79.9 Å². The van der Waals surface area contributed by atoms with Gasteiger partial charge in [-0.2, -0.15) is 0 Å². The number of hydrogen-bond donors (Lipinski definition) is 1. The second-order valence-corrected chi connectivity index (χ2v) is 14.8. The topological polar surface area (TPSA) is 81.2 Å². The Morgan fingerprint density at radius 3 is 2.40 bits per heavy atom. The summed E-state index contributed by atoms with van der Waals surface area (Å²) in [5.74, 6) is -1.72. The first-order valence-electron chi connectivity index (χ1n) is 15.3. The Balaban J connectivity index is 1.85. The number of fused-ring (bicyclic) bond motifs is 1. The van der Waals surface area contributed by atoms with Crippen molar-refractivity contribution >= 4 is 51.1 Å². The van der Waals surface area contributed by atoms with E-state index < -0.39 is 28.7 Å². The fourth-order valence-corrected chi connectivity index (χ4v) is 11.0. The molecule has 9 heteroatoms. The van der Waals surface area contributed by atoms with E-state index in [9.17, 15) is 19.5 Å². The lowest BCUT2D eigenvalue weighted by molar-refractivity contribution is -0.147. The molecule has 4 rings (SSSR count). The van der Waals surface area contributed by atoms with Crippen LogP contribution in [0.2, 0.25) is 0 Å². The number of benzene rings is 1. The monoisotopic (exact) mass is 659 g/mol. The van der Waals surface area contributed by atoms with Crippen molar-refractivity contribution in [3.63, 3.8) is 0 Å². The number of para-hydroxylation sites is 1. The van der Waals surface area contributed by atoms with E-state index in [1.807, 2.05) is 56.0 Å². The Labute approximate surface area is 263 Å². The zero-order valence-corrected chi connectivity index (χ0v) is 27.7. The molecule has 1 aromatic carbocycles. The van der Waals surface area contributed by atoms with Crippen molar-refractivity contribution in [3.8, 4) is 0 Å². The molecule has 3 aliphatic rings. The van der Waals surface area contributed by atoms with Crippen LogP contribution in [0.3, 0.4) is 0 Å². The van der Waals surface area contributed by atoms with E-state index in [-0.39, 0.29) is 46.4 Å². The van der Waals surface area contributed by atoms with Crippen LogP contribution in [0.5, 0.6) is 0 Å². The summed E-state index contributed by atoms with van der Waals surface area (Å²) in [7, 11) is 0. The second kappa shape index (κ2) is 13.7. The van der Waals surface area contributed by atoms with Crippen molar-refractivity contribution < 1.29 is 19.5 Å². The molecule has 0 radical (unpaired) electrons. The smallest absolute Gasteiger partial charge is 0.247 e. The molecule has 3 saturated heterocycles. The van der Waals surface area contributed by atoms with E-state index in [1.165, 1.54) is 0 Å². The third-order valence-electron chi connectivity index (χ3n) is 9.58. The molecule has 4 unspecified atom stereocenters. The SMILES string of the molecule is C=CCN(C(=O)[C@H]1[C@@H]2SC3(CC2Br)C(C(=O)N(CC=C)C(C)CCC)N([C@@H](CO)[C@@H](C)CC)C(=O)[C@H]13)c1ccccc1. The van der Waals surface area contributed by atoms with Crippen LogP contribution in [-0.2, 0) is 14.4 Å². The number of alkyl halides is 1. The minimum Gasteiger partial charge on any atom is -0.394 e. The number of aliphatic hydroxyl groups excluding tert-OH is 1. The van der Waals surface area contributed by atoms with Gasteiger partial charge in [0.25, 0.3) is 0 Å². The highest BCUT2D eigenvalue weighted by Gasteiger charge is 2.76. The zero-order chi connectivity index (χ0) is 30.8. The standard InChI is InChI=1S/C33H46BrN3O4S/c1-7-14-22(6)35(17-8-2)32(41)29-33-19-24(34)28(42-33)26(27(33)31(40)37(29)25(20-38)21(5)10-4)30(39)36(18-9-3)23-15-12-11-13-16-23/h8-9,11-13,15-16,21-22,24-29,38H,2-3,7,10,14,17-20H2,1,4-6H3/t21-,22?,24?,25-,26+,27-,28+,29?,33?/m0/s1. The van der Waals surface area contributed by atoms with Crippen molar-refractivity contribution in [2.24, 2.45) is 17.8 Å². The molecule has 0 saturated carbocycles. The maximum Gasteiger partial charge on any atom is 0.247 e. The molecular weight excluding hydrogens is 614 g/mol. The number of nitrogens with zero attached hydrogens (tertiary/aromatic N) is 3. The van der Waals surface area contributed by atoms with E-state index in [2.05, 4.69) is 36.0 Å². The molecule has 3 amide bonds. The third-order valence-corrected chi connectivity index (χ3v) is 12.8. The molecule has 9 atom stereocenters. The molecular formula is C33H46BrN3O4S. The molecule has 1 spiro atoms. The van der Waals surface area contributed by atoms with E-state index in [1.54, 1.807) is 33.7 Å². The zero-order valence-electron chi connectivity index (χ0n) is 25.3. The van der Waals surface area contributed by atoms with Crippen molar-refractivity contribution in [1.29, 1.82) is 0 Å². The Morgan fingerprint density at radius 1 is 1.17 bits per heavy atom. The molecule has 3 heterocycles. The molecule has 230 valence electrons. The number of carbonyl (C=O) groups excluding carboxylic acids is 3. The van der Waals surface area contributed by atoms with Crippen LogP contribution in [-0.4, -0.2) is 85.3 Å². The lowest BCUT2D eigenvalue weighted by Gasteiger charge is -2.42. The molecule has 42 heavy (non-hydrogen) atoms. The lowest BCUT2D eigenvalue weighted by Crippen LogP contribution is -2.60. The Morgan fingerprint density at radius 2 is 1.83 bits per heavy atom. The number of carbonyl (C=O) groups is 3. The molecule has 7 nitrogen and oxygen atoms in total. The fraction of sp³-hybridized carbons (Fsp3) is 0.606. The second-order valence-electron chi connectivity index (χ2n) is 12.0. The van der Waals surface area contributed by atoms with E-state index in [4.69, 9.17) is 0 Å². The van der Waals surface area contributed by atoms with E-state index in [0.717, 1.165) is 24.9 Å². The molecule has 3 fully saturated rings. The van der Waals surface area contributed by atoms with Gasteiger partial charge in [0, 0.05) is 34.9 Å². The van der Waals surface area contributed by atoms with Crippen molar-refractivity contribution in [2.45, 2.75) is 86.3 Å². The van der Waals surface area contributed by atoms with Gasteiger partial charge in [0.15, 0.2) is 0 Å². The Kier molecular flexibility index (Phi) is 10.7. The summed E-state index contributed by atoms with van der Waals surface area (Å²) in [5, 5.41) is 10.5. The average Bonchev–Trinajstić information content (AvgIpc) is 3.58. The summed E-state index contributed by atoms with van der Waals surface area (Å²) in [4.78, 5) is 49.2. The van der Waals surface area contributed by atoms with Gasteiger partial charge in [-0.25, -0.2) is 0 Å². The molecule has 3 aliphatic heterocycles. The summed E-state index contributed by atoms with van der Waals surface area (Å²) in [6, 6.07) is 8.14. The fourth-order valence-electron chi connectivity index (χ4n) is 7.40. The number of rotatable bonds is 14. The quantitative estimate of drug-likeness (QED) is 0.217. The first-order chi connectivity index (χ1) is 20.1. The minimum atomic E-state index is -0.782. The predicted octanol–water partition coefficient (Wildman–Crippen LogP) is 5.28. The van der Waals surface area contributed by atoms with Gasteiger partial charge in [-0.3, -0.25) is 14.4 Å². The van der Waals surface area contributed by atoms with Gasteiger partial charge < -0.3 is 19.8 Å². The normalized spacial score (nSPS) is 30.0. The highest BCUT2D eigenvalue weighted by Crippen LogP contribution is 2.68. The Hall–Kier alpha value is -2.10. The van der Waals surface area contributed by atoms with E-state index >= 15 is 0 Å². The number of hydrogen-bond acceptors (Lipinski definition) is 5. The summed E-state index contributed by atoms with van der Waals surface area (Å²) >= 11 is 5.52. The maximum atomic E-state index is 14.8. The summed E-state index contributed by atoms with van der Waals surface area (Å²) in [5.41, 5.74) is 0.753. The number of anilines is 1. The third kappa shape index (κ3) is 5.50. The molecule has 1 N–H and O–H groups in total. The largest absolute Gasteiger partial charge is 0.394 e. The van der Waals surface area contributed by atoms with Gasteiger partial charge in [0.1, 0.15) is 6.04 Å². The number of aliphatic hydroxyl groups is 1. The number of amides is 3. The minimum absolute atomic E-state index is 0.0249. The Bertz CT molecular complexity index is 1170. The molecule has 0 aliphatic carbocycles. The molecule has 2 bridgehead atoms.